The van der Waals surface area contributed by atoms with E-state index >= 15 is 0 Å². The monoisotopic (exact) mass is 572 g/mol. The van der Waals surface area contributed by atoms with Gasteiger partial charge in [0.05, 0.1) is 12.2 Å². The molecule has 6 rings (SSSR count). The van der Waals surface area contributed by atoms with Gasteiger partial charge in [0, 0.05) is 61.4 Å². The molecule has 3 aliphatic heterocycles. The lowest BCUT2D eigenvalue weighted by Crippen LogP contribution is -2.49. The number of rotatable bonds is 7. The predicted octanol–water partition coefficient (Wildman–Crippen LogP) is 4.88. The van der Waals surface area contributed by atoms with Gasteiger partial charge in [-0.25, -0.2) is 4.39 Å². The van der Waals surface area contributed by atoms with Crippen LogP contribution in [-0.2, 0) is 17.8 Å². The maximum atomic E-state index is 13.5. The van der Waals surface area contributed by atoms with E-state index in [0.29, 0.717) is 57.4 Å². The minimum atomic E-state index is -0.912. The second-order valence-corrected chi connectivity index (χ2v) is 12.0. The Balaban J connectivity index is 1.30. The van der Waals surface area contributed by atoms with Gasteiger partial charge in [-0.2, -0.15) is 9.97 Å². The summed E-state index contributed by atoms with van der Waals surface area (Å²) in [6.45, 7) is 15.0. The van der Waals surface area contributed by atoms with Gasteiger partial charge in [-0.3, -0.25) is 9.69 Å². The Morgan fingerprint density at radius 3 is 2.55 bits per heavy atom. The third-order valence-corrected chi connectivity index (χ3v) is 9.04. The molecular formula is C33H41FN6O2. The summed E-state index contributed by atoms with van der Waals surface area (Å²) >= 11 is 0. The van der Waals surface area contributed by atoms with Gasteiger partial charge < -0.3 is 19.4 Å². The van der Waals surface area contributed by atoms with Gasteiger partial charge in [-0.1, -0.05) is 36.9 Å². The standard InChI is InChI=1S/C33H41FN6O2/c1-22(2)40-14-7-11-26(40)21-42-33-35-28-20-39(29-12-6-10-25-9-5-8-23(3)30(25)29)15-13-27(28)31(36-33)37-16-18-38(19-17-37)32(41)24(4)34/h5-6,8-10,12,22,26H,4,7,11,13-21H2,1-3H3. The van der Waals surface area contributed by atoms with Gasteiger partial charge in [-0.05, 0) is 63.6 Å². The van der Waals surface area contributed by atoms with Crippen LogP contribution in [0, 0.1) is 6.92 Å². The van der Waals surface area contributed by atoms with Crippen LogP contribution in [-0.4, -0.2) is 83.6 Å². The van der Waals surface area contributed by atoms with Crippen molar-refractivity contribution in [3.63, 3.8) is 0 Å². The highest BCUT2D eigenvalue weighted by Gasteiger charge is 2.31. The number of amides is 1. The molecule has 3 aromatic rings. The summed E-state index contributed by atoms with van der Waals surface area (Å²) in [4.78, 5) is 30.8. The highest BCUT2D eigenvalue weighted by atomic mass is 19.1. The van der Waals surface area contributed by atoms with Crippen molar-refractivity contribution in [3.8, 4) is 6.01 Å². The molecule has 0 spiro atoms. The minimum absolute atomic E-state index is 0.353. The molecule has 42 heavy (non-hydrogen) atoms. The average molecular weight is 573 g/mol. The van der Waals surface area contributed by atoms with Crippen molar-refractivity contribution >= 4 is 28.2 Å². The molecule has 1 amide bonds. The van der Waals surface area contributed by atoms with E-state index in [1.807, 2.05) is 0 Å². The highest BCUT2D eigenvalue weighted by molar-refractivity contribution is 5.97. The zero-order valence-corrected chi connectivity index (χ0v) is 25.0. The van der Waals surface area contributed by atoms with Crippen molar-refractivity contribution in [2.24, 2.45) is 0 Å². The first-order chi connectivity index (χ1) is 20.3. The molecule has 0 radical (unpaired) electrons. The number of nitrogens with zero attached hydrogens (tertiary/aromatic N) is 6. The number of fused-ring (bicyclic) bond motifs is 2. The van der Waals surface area contributed by atoms with Gasteiger partial charge in [-0.15, -0.1) is 0 Å². The van der Waals surface area contributed by atoms with Crippen LogP contribution in [0.25, 0.3) is 10.8 Å². The molecule has 2 aromatic carbocycles. The lowest BCUT2D eigenvalue weighted by atomic mass is 9.99. The lowest BCUT2D eigenvalue weighted by molar-refractivity contribution is -0.128. The number of piperazine rings is 1. The summed E-state index contributed by atoms with van der Waals surface area (Å²) in [5.41, 5.74) is 4.59. The molecule has 3 aliphatic rings. The summed E-state index contributed by atoms with van der Waals surface area (Å²) in [7, 11) is 0. The van der Waals surface area contributed by atoms with Crippen molar-refractivity contribution in [2.75, 3.05) is 55.7 Å². The number of halogens is 1. The lowest BCUT2D eigenvalue weighted by Gasteiger charge is -2.38. The molecule has 1 unspecified atom stereocenters. The van der Waals surface area contributed by atoms with Gasteiger partial charge in [0.15, 0.2) is 5.83 Å². The number of carbonyl (C=O) groups excluding carboxylic acids is 1. The number of carbonyl (C=O) groups is 1. The maximum Gasteiger partial charge on any atom is 0.318 e. The molecule has 0 N–H and O–H groups in total. The summed E-state index contributed by atoms with van der Waals surface area (Å²) in [6.07, 6.45) is 3.09. The first-order valence-corrected chi connectivity index (χ1v) is 15.2. The van der Waals surface area contributed by atoms with Crippen molar-refractivity contribution in [1.82, 2.24) is 19.8 Å². The Morgan fingerprint density at radius 1 is 1.05 bits per heavy atom. The fourth-order valence-electron chi connectivity index (χ4n) is 6.87. The van der Waals surface area contributed by atoms with Crippen LogP contribution in [0.1, 0.15) is 43.5 Å². The van der Waals surface area contributed by atoms with Crippen LogP contribution < -0.4 is 14.5 Å². The van der Waals surface area contributed by atoms with Crippen LogP contribution in [0.2, 0.25) is 0 Å². The van der Waals surface area contributed by atoms with Crippen molar-refractivity contribution < 1.29 is 13.9 Å². The Labute approximate surface area is 247 Å². The number of aryl methyl sites for hydroxylation is 1. The van der Waals surface area contributed by atoms with E-state index in [1.165, 1.54) is 33.3 Å². The molecule has 2 fully saturated rings. The Hall–Kier alpha value is -3.72. The number of aromatic nitrogens is 2. The average Bonchev–Trinajstić information content (AvgIpc) is 3.48. The number of ether oxygens (including phenoxy) is 1. The molecule has 0 aliphatic carbocycles. The topological polar surface area (TPSA) is 65.0 Å². The molecule has 0 saturated carbocycles. The number of hydrogen-bond donors (Lipinski definition) is 0. The van der Waals surface area contributed by atoms with E-state index < -0.39 is 11.7 Å². The largest absolute Gasteiger partial charge is 0.462 e. The summed E-state index contributed by atoms with van der Waals surface area (Å²) in [5, 5.41) is 2.51. The SMILES string of the molecule is C=C(F)C(=O)N1CCN(c2nc(OCC3CCCN3C(C)C)nc3c2CCN(c2cccc4cccc(C)c24)C3)CC1. The van der Waals surface area contributed by atoms with E-state index in [2.05, 4.69) is 78.4 Å². The maximum absolute atomic E-state index is 13.5. The molecule has 0 bridgehead atoms. The minimum Gasteiger partial charge on any atom is -0.462 e. The Morgan fingerprint density at radius 2 is 1.81 bits per heavy atom. The molecule has 1 atom stereocenters. The van der Waals surface area contributed by atoms with Gasteiger partial charge >= 0.3 is 6.01 Å². The van der Waals surface area contributed by atoms with Crippen LogP contribution in [0.5, 0.6) is 6.01 Å². The molecule has 222 valence electrons. The zero-order valence-electron chi connectivity index (χ0n) is 25.0. The Kier molecular flexibility index (Phi) is 8.03. The van der Waals surface area contributed by atoms with Crippen molar-refractivity contribution in [3.05, 3.63) is 65.6 Å². The van der Waals surface area contributed by atoms with Crippen LogP contribution in [0.15, 0.2) is 48.8 Å². The fourth-order valence-corrected chi connectivity index (χ4v) is 6.87. The molecule has 8 nitrogen and oxygen atoms in total. The van der Waals surface area contributed by atoms with Crippen LogP contribution in [0.3, 0.4) is 0 Å². The van der Waals surface area contributed by atoms with Crippen LogP contribution in [0.4, 0.5) is 15.9 Å². The third-order valence-electron chi connectivity index (χ3n) is 9.04. The van der Waals surface area contributed by atoms with E-state index in [-0.39, 0.29) is 0 Å². The van der Waals surface area contributed by atoms with E-state index in [9.17, 15) is 9.18 Å². The van der Waals surface area contributed by atoms with Crippen LogP contribution >= 0.6 is 0 Å². The molecule has 4 heterocycles. The normalized spacial score (nSPS) is 19.5. The molecule has 2 saturated heterocycles. The highest BCUT2D eigenvalue weighted by Crippen LogP contribution is 2.35. The second kappa shape index (κ2) is 11.9. The van der Waals surface area contributed by atoms with Gasteiger partial charge in [0.2, 0.25) is 0 Å². The van der Waals surface area contributed by atoms with Gasteiger partial charge in [0.25, 0.3) is 5.91 Å². The van der Waals surface area contributed by atoms with Gasteiger partial charge in [0.1, 0.15) is 12.4 Å². The number of hydrogen-bond acceptors (Lipinski definition) is 7. The molecule has 9 heteroatoms. The predicted molar refractivity (Wildman–Crippen MR) is 165 cm³/mol. The molecule has 1 aromatic heterocycles. The second-order valence-electron chi connectivity index (χ2n) is 12.0. The number of anilines is 2. The quantitative estimate of drug-likeness (QED) is 0.374. The molecular weight excluding hydrogens is 531 g/mol. The summed E-state index contributed by atoms with van der Waals surface area (Å²) in [5.74, 6) is -0.664. The number of benzene rings is 2. The van der Waals surface area contributed by atoms with Crippen molar-refractivity contribution in [2.45, 2.75) is 58.7 Å². The van der Waals surface area contributed by atoms with E-state index in [0.717, 1.165) is 43.0 Å². The summed E-state index contributed by atoms with van der Waals surface area (Å²) in [6, 6.07) is 14.2. The first-order valence-electron chi connectivity index (χ1n) is 15.2. The zero-order chi connectivity index (χ0) is 29.4. The van der Waals surface area contributed by atoms with E-state index in [4.69, 9.17) is 14.7 Å². The smallest absolute Gasteiger partial charge is 0.318 e. The summed E-state index contributed by atoms with van der Waals surface area (Å²) < 4.78 is 19.9. The number of likely N-dealkylation sites (tertiary alicyclic amines) is 1. The van der Waals surface area contributed by atoms with Crippen molar-refractivity contribution in [1.29, 1.82) is 0 Å². The third kappa shape index (κ3) is 5.54. The first kappa shape index (κ1) is 28.4. The van der Waals surface area contributed by atoms with E-state index in [1.54, 1.807) is 0 Å². The Bertz CT molecular complexity index is 1480. The fraction of sp³-hybridized carbons (Fsp3) is 0.485.